The van der Waals surface area contributed by atoms with Crippen molar-refractivity contribution in [3.8, 4) is 5.75 Å². The number of aliphatic hydroxyl groups is 1. The smallest absolute Gasteiger partial charge is 0.251 e. The third-order valence-electron chi connectivity index (χ3n) is 3.26. The molecule has 0 saturated heterocycles. The van der Waals surface area contributed by atoms with Gasteiger partial charge in [0.2, 0.25) is 0 Å². The summed E-state index contributed by atoms with van der Waals surface area (Å²) < 4.78 is 0. The molecule has 0 aliphatic rings. The number of aryl methyl sites for hydroxylation is 1. The van der Waals surface area contributed by atoms with E-state index >= 15 is 0 Å². The van der Waals surface area contributed by atoms with E-state index in [2.05, 4.69) is 12.2 Å². The number of hydrogen-bond acceptors (Lipinski definition) is 3. The summed E-state index contributed by atoms with van der Waals surface area (Å²) in [4.78, 5) is 11.9. The molecule has 3 N–H and O–H groups in total. The highest BCUT2D eigenvalue weighted by atomic mass is 16.3. The number of benzene rings is 1. The van der Waals surface area contributed by atoms with Crippen molar-refractivity contribution in [1.82, 2.24) is 5.32 Å². The van der Waals surface area contributed by atoms with E-state index in [-0.39, 0.29) is 18.3 Å². The standard InChI is InChI=1S/C15H23NO3/c1-3-4-12(7-8-17)10-16-15(19)13-6-5-11(2)14(18)9-13/h5-6,9,12,17-18H,3-4,7-8,10H2,1-2H3,(H,16,19). The summed E-state index contributed by atoms with van der Waals surface area (Å²) in [6, 6.07) is 4.90. The van der Waals surface area contributed by atoms with E-state index in [0.29, 0.717) is 24.4 Å². The second-order valence-electron chi connectivity index (χ2n) is 4.88. The van der Waals surface area contributed by atoms with Gasteiger partial charge in [-0.1, -0.05) is 19.4 Å². The molecule has 1 aromatic rings. The Morgan fingerprint density at radius 2 is 2.11 bits per heavy atom. The molecule has 0 radical (unpaired) electrons. The van der Waals surface area contributed by atoms with Gasteiger partial charge in [-0.25, -0.2) is 0 Å². The second kappa shape index (κ2) is 7.79. The molecule has 0 aliphatic carbocycles. The zero-order valence-corrected chi connectivity index (χ0v) is 11.6. The van der Waals surface area contributed by atoms with Crippen molar-refractivity contribution < 1.29 is 15.0 Å². The fourth-order valence-electron chi connectivity index (χ4n) is 2.03. The average molecular weight is 265 g/mol. The van der Waals surface area contributed by atoms with Crippen molar-refractivity contribution in [3.63, 3.8) is 0 Å². The second-order valence-corrected chi connectivity index (χ2v) is 4.88. The Balaban J connectivity index is 2.56. The van der Waals surface area contributed by atoms with Crippen molar-refractivity contribution in [2.75, 3.05) is 13.2 Å². The minimum atomic E-state index is -0.186. The van der Waals surface area contributed by atoms with Crippen LogP contribution < -0.4 is 5.32 Å². The Morgan fingerprint density at radius 3 is 2.68 bits per heavy atom. The average Bonchev–Trinajstić information content (AvgIpc) is 2.39. The number of nitrogens with one attached hydrogen (secondary N) is 1. The summed E-state index contributed by atoms with van der Waals surface area (Å²) >= 11 is 0. The van der Waals surface area contributed by atoms with Crippen molar-refractivity contribution in [1.29, 1.82) is 0 Å². The molecule has 1 atom stereocenters. The molecule has 106 valence electrons. The van der Waals surface area contributed by atoms with Crippen LogP contribution in [0.4, 0.5) is 0 Å². The van der Waals surface area contributed by atoms with Gasteiger partial charge in [-0.2, -0.15) is 0 Å². The highest BCUT2D eigenvalue weighted by molar-refractivity contribution is 5.94. The Kier molecular flexibility index (Phi) is 6.36. The van der Waals surface area contributed by atoms with Gasteiger partial charge in [0.25, 0.3) is 5.91 Å². The number of rotatable bonds is 7. The molecule has 0 fully saturated rings. The maximum Gasteiger partial charge on any atom is 0.251 e. The van der Waals surface area contributed by atoms with Crippen LogP contribution in [-0.4, -0.2) is 29.3 Å². The Bertz CT molecular complexity index is 412. The maximum absolute atomic E-state index is 11.9. The molecule has 1 aromatic carbocycles. The molecule has 0 saturated carbocycles. The van der Waals surface area contributed by atoms with Crippen LogP contribution in [0.15, 0.2) is 18.2 Å². The first kappa shape index (κ1) is 15.5. The van der Waals surface area contributed by atoms with E-state index < -0.39 is 0 Å². The predicted octanol–water partition coefficient (Wildman–Crippen LogP) is 2.23. The van der Waals surface area contributed by atoms with E-state index in [4.69, 9.17) is 5.11 Å². The molecule has 0 aromatic heterocycles. The van der Waals surface area contributed by atoms with Crippen molar-refractivity contribution in [2.45, 2.75) is 33.1 Å². The van der Waals surface area contributed by atoms with Gasteiger partial charge in [0.1, 0.15) is 5.75 Å². The molecule has 0 bridgehead atoms. The monoisotopic (exact) mass is 265 g/mol. The van der Waals surface area contributed by atoms with Gasteiger partial charge >= 0.3 is 0 Å². The van der Waals surface area contributed by atoms with Gasteiger partial charge in [-0.05, 0) is 43.4 Å². The molecule has 19 heavy (non-hydrogen) atoms. The van der Waals surface area contributed by atoms with Crippen LogP contribution in [0, 0.1) is 12.8 Å². The van der Waals surface area contributed by atoms with Crippen LogP contribution in [-0.2, 0) is 0 Å². The van der Waals surface area contributed by atoms with Gasteiger partial charge in [0.15, 0.2) is 0 Å². The first-order valence-electron chi connectivity index (χ1n) is 6.77. The van der Waals surface area contributed by atoms with E-state index in [1.807, 2.05) is 0 Å². The Morgan fingerprint density at radius 1 is 1.37 bits per heavy atom. The van der Waals surface area contributed by atoms with Crippen LogP contribution in [0.25, 0.3) is 0 Å². The number of carbonyl (C=O) groups excluding carboxylic acids is 1. The highest BCUT2D eigenvalue weighted by Crippen LogP contribution is 2.17. The van der Waals surface area contributed by atoms with Crippen molar-refractivity contribution in [3.05, 3.63) is 29.3 Å². The molecule has 0 spiro atoms. The largest absolute Gasteiger partial charge is 0.508 e. The Hall–Kier alpha value is -1.55. The predicted molar refractivity (Wildman–Crippen MR) is 75.3 cm³/mol. The quantitative estimate of drug-likeness (QED) is 0.708. The lowest BCUT2D eigenvalue weighted by Crippen LogP contribution is -2.29. The molecule has 1 amide bonds. The zero-order valence-electron chi connectivity index (χ0n) is 11.6. The normalized spacial score (nSPS) is 12.2. The van der Waals surface area contributed by atoms with E-state index in [1.54, 1.807) is 19.1 Å². The van der Waals surface area contributed by atoms with Gasteiger partial charge in [0.05, 0.1) is 0 Å². The van der Waals surface area contributed by atoms with E-state index in [1.165, 1.54) is 6.07 Å². The fraction of sp³-hybridized carbons (Fsp3) is 0.533. The summed E-state index contributed by atoms with van der Waals surface area (Å²) in [5, 5.41) is 21.4. The van der Waals surface area contributed by atoms with Crippen LogP contribution >= 0.6 is 0 Å². The van der Waals surface area contributed by atoms with Crippen LogP contribution in [0.5, 0.6) is 5.75 Å². The Labute approximate surface area is 114 Å². The lowest BCUT2D eigenvalue weighted by Gasteiger charge is -2.15. The molecule has 1 unspecified atom stereocenters. The third-order valence-corrected chi connectivity index (χ3v) is 3.26. The number of hydrogen-bond donors (Lipinski definition) is 3. The van der Waals surface area contributed by atoms with Gasteiger partial charge < -0.3 is 15.5 Å². The topological polar surface area (TPSA) is 69.6 Å². The molecule has 1 rings (SSSR count). The molecule has 4 nitrogen and oxygen atoms in total. The fourth-order valence-corrected chi connectivity index (χ4v) is 2.03. The summed E-state index contributed by atoms with van der Waals surface area (Å²) in [5.74, 6) is 0.250. The highest BCUT2D eigenvalue weighted by Gasteiger charge is 2.11. The summed E-state index contributed by atoms with van der Waals surface area (Å²) in [6.07, 6.45) is 2.72. The summed E-state index contributed by atoms with van der Waals surface area (Å²) in [5.41, 5.74) is 1.21. The van der Waals surface area contributed by atoms with E-state index in [0.717, 1.165) is 18.4 Å². The number of amides is 1. The SMILES string of the molecule is CCCC(CCO)CNC(=O)c1ccc(C)c(O)c1. The summed E-state index contributed by atoms with van der Waals surface area (Å²) in [6.45, 7) is 4.58. The van der Waals surface area contributed by atoms with Crippen molar-refractivity contribution >= 4 is 5.91 Å². The molecular formula is C15H23NO3. The van der Waals surface area contributed by atoms with Crippen LogP contribution in [0.2, 0.25) is 0 Å². The van der Waals surface area contributed by atoms with Crippen molar-refractivity contribution in [2.24, 2.45) is 5.92 Å². The minimum Gasteiger partial charge on any atom is -0.508 e. The first-order chi connectivity index (χ1) is 9.08. The minimum absolute atomic E-state index is 0.133. The van der Waals surface area contributed by atoms with E-state index in [9.17, 15) is 9.90 Å². The maximum atomic E-state index is 11.9. The lowest BCUT2D eigenvalue weighted by molar-refractivity contribution is 0.0942. The number of aliphatic hydroxyl groups excluding tert-OH is 1. The molecule has 4 heteroatoms. The molecule has 0 heterocycles. The number of carbonyl (C=O) groups is 1. The van der Waals surface area contributed by atoms with Crippen LogP contribution in [0.3, 0.4) is 0 Å². The van der Waals surface area contributed by atoms with Gasteiger partial charge in [-0.3, -0.25) is 4.79 Å². The number of aromatic hydroxyl groups is 1. The molecule has 0 aliphatic heterocycles. The summed E-state index contributed by atoms with van der Waals surface area (Å²) in [7, 11) is 0. The third kappa shape index (κ3) is 4.91. The lowest BCUT2D eigenvalue weighted by atomic mass is 10.00. The number of phenolic OH excluding ortho intramolecular Hbond substituents is 1. The first-order valence-corrected chi connectivity index (χ1v) is 6.77. The molecular weight excluding hydrogens is 242 g/mol. The van der Waals surface area contributed by atoms with Gasteiger partial charge in [-0.15, -0.1) is 0 Å². The van der Waals surface area contributed by atoms with Crippen LogP contribution in [0.1, 0.15) is 42.1 Å². The number of phenols is 1. The van der Waals surface area contributed by atoms with Gasteiger partial charge in [0, 0.05) is 18.7 Å². The zero-order chi connectivity index (χ0) is 14.3.